The monoisotopic (exact) mass is 335 g/mol. The summed E-state index contributed by atoms with van der Waals surface area (Å²) in [4.78, 5) is 38.3. The number of hydrogen-bond donors (Lipinski definition) is 3. The van der Waals surface area contributed by atoms with Crippen LogP contribution in [-0.2, 0) is 9.59 Å². The summed E-state index contributed by atoms with van der Waals surface area (Å²) in [6.07, 6.45) is 0.806. The van der Waals surface area contributed by atoms with Crippen LogP contribution in [0.25, 0.3) is 0 Å². The zero-order valence-electron chi connectivity index (χ0n) is 13.2. The van der Waals surface area contributed by atoms with E-state index in [0.717, 1.165) is 19.5 Å². The quantitative estimate of drug-likeness (QED) is 0.579. The predicted molar refractivity (Wildman–Crippen MR) is 86.0 cm³/mol. The van der Waals surface area contributed by atoms with Crippen molar-refractivity contribution in [1.29, 1.82) is 0 Å². The highest BCUT2D eigenvalue weighted by Gasteiger charge is 2.19. The molecule has 1 rings (SSSR count). The van der Waals surface area contributed by atoms with E-state index in [0.29, 0.717) is 19.6 Å². The summed E-state index contributed by atoms with van der Waals surface area (Å²) in [7, 11) is 1.68. The summed E-state index contributed by atoms with van der Waals surface area (Å²) in [6, 6.07) is -0.497. The van der Waals surface area contributed by atoms with Crippen LogP contribution in [0.1, 0.15) is 13.3 Å². The maximum atomic E-state index is 12.0. The molecule has 1 aliphatic heterocycles. The molecule has 1 aliphatic rings. The van der Waals surface area contributed by atoms with Crippen molar-refractivity contribution in [2.45, 2.75) is 13.3 Å². The van der Waals surface area contributed by atoms with E-state index in [4.69, 9.17) is 0 Å². The Morgan fingerprint density at radius 2 is 1.82 bits per heavy atom. The van der Waals surface area contributed by atoms with Crippen molar-refractivity contribution in [1.82, 2.24) is 25.8 Å². The van der Waals surface area contributed by atoms with Gasteiger partial charge in [0.25, 0.3) is 0 Å². The van der Waals surface area contributed by atoms with Crippen LogP contribution in [0.2, 0.25) is 0 Å². The van der Waals surface area contributed by atoms with E-state index < -0.39 is 11.9 Å². The minimum Gasteiger partial charge on any atom is -0.339 e. The second-order valence-electron chi connectivity index (χ2n) is 5.11. The molecule has 0 saturated carbocycles. The topological polar surface area (TPSA) is 93.8 Å². The fraction of sp³-hybridized carbons (Fsp3) is 0.769. The van der Waals surface area contributed by atoms with E-state index >= 15 is 0 Å². The van der Waals surface area contributed by atoms with Crippen LogP contribution in [-0.4, -0.2) is 80.5 Å². The molecule has 0 unspecified atom stereocenters. The van der Waals surface area contributed by atoms with Gasteiger partial charge in [-0.3, -0.25) is 19.8 Å². The third kappa shape index (κ3) is 8.16. The van der Waals surface area contributed by atoms with Crippen LogP contribution < -0.4 is 16.0 Å². The lowest BCUT2D eigenvalue weighted by Crippen LogP contribution is -2.50. The van der Waals surface area contributed by atoms with Gasteiger partial charge in [-0.05, 0) is 13.5 Å². The number of carbonyl (C=O) groups excluding carboxylic acids is 3. The van der Waals surface area contributed by atoms with E-state index in [2.05, 4.69) is 16.0 Å². The Morgan fingerprint density at radius 3 is 2.41 bits per heavy atom. The van der Waals surface area contributed by atoms with Crippen LogP contribution >= 0.6 is 12.4 Å². The van der Waals surface area contributed by atoms with E-state index in [1.165, 1.54) is 0 Å². The molecule has 4 amide bonds. The number of imide groups is 1. The van der Waals surface area contributed by atoms with Gasteiger partial charge in [-0.15, -0.1) is 12.4 Å². The van der Waals surface area contributed by atoms with Crippen molar-refractivity contribution in [3.05, 3.63) is 0 Å². The molecule has 0 aromatic carbocycles. The standard InChI is InChI=1S/C13H25N5O3.ClH/c1-3-4-15-13(21)16-11(19)9-17(2)10-12(20)18-7-5-14-6-8-18;/h14H,3-10H2,1-2H3,(H2,15,16,19,21);1H. The molecule has 8 nitrogen and oxygen atoms in total. The molecule has 1 saturated heterocycles. The number of hydrogen-bond acceptors (Lipinski definition) is 5. The first-order valence-corrected chi connectivity index (χ1v) is 7.27. The smallest absolute Gasteiger partial charge is 0.321 e. The van der Waals surface area contributed by atoms with Crippen LogP contribution in [0.5, 0.6) is 0 Å². The predicted octanol–water partition coefficient (Wildman–Crippen LogP) is -0.992. The molecule has 0 spiro atoms. The van der Waals surface area contributed by atoms with Gasteiger partial charge in [0.2, 0.25) is 11.8 Å². The Labute approximate surface area is 137 Å². The summed E-state index contributed by atoms with van der Waals surface area (Å²) in [5, 5.41) is 7.97. The van der Waals surface area contributed by atoms with Gasteiger partial charge in [0.15, 0.2) is 0 Å². The summed E-state index contributed by atoms with van der Waals surface area (Å²) in [5.41, 5.74) is 0. The van der Waals surface area contributed by atoms with Crippen molar-refractivity contribution < 1.29 is 14.4 Å². The highest BCUT2D eigenvalue weighted by Crippen LogP contribution is 1.95. The third-order valence-corrected chi connectivity index (χ3v) is 3.08. The van der Waals surface area contributed by atoms with Gasteiger partial charge in [-0.1, -0.05) is 6.92 Å². The molecule has 9 heteroatoms. The average Bonchev–Trinajstić information content (AvgIpc) is 2.45. The highest BCUT2D eigenvalue weighted by atomic mass is 35.5. The molecule has 1 fully saturated rings. The second-order valence-corrected chi connectivity index (χ2v) is 5.11. The summed E-state index contributed by atoms with van der Waals surface area (Å²) >= 11 is 0. The lowest BCUT2D eigenvalue weighted by Gasteiger charge is -2.29. The van der Waals surface area contributed by atoms with Crippen LogP contribution in [0, 0.1) is 0 Å². The molecular weight excluding hydrogens is 310 g/mol. The molecule has 128 valence electrons. The molecule has 0 aromatic heterocycles. The maximum absolute atomic E-state index is 12.0. The van der Waals surface area contributed by atoms with Gasteiger partial charge >= 0.3 is 6.03 Å². The molecule has 22 heavy (non-hydrogen) atoms. The Morgan fingerprint density at radius 1 is 1.18 bits per heavy atom. The number of amides is 4. The minimum absolute atomic E-state index is 0. The summed E-state index contributed by atoms with van der Waals surface area (Å²) < 4.78 is 0. The van der Waals surface area contributed by atoms with Gasteiger partial charge in [-0.25, -0.2) is 4.79 Å². The minimum atomic E-state index is -0.497. The Hall–Kier alpha value is -1.38. The van der Waals surface area contributed by atoms with Crippen LogP contribution in [0.3, 0.4) is 0 Å². The number of halogens is 1. The Balaban J connectivity index is 0.00000441. The Bertz CT molecular complexity index is 375. The molecule has 0 bridgehead atoms. The Kier molecular flexibility index (Phi) is 10.5. The molecule has 1 heterocycles. The lowest BCUT2D eigenvalue weighted by atomic mass is 10.3. The second kappa shape index (κ2) is 11.2. The van der Waals surface area contributed by atoms with Crippen LogP contribution in [0.15, 0.2) is 0 Å². The zero-order chi connectivity index (χ0) is 15.7. The van der Waals surface area contributed by atoms with Gasteiger partial charge in [0, 0.05) is 32.7 Å². The molecule has 0 aromatic rings. The fourth-order valence-electron chi connectivity index (χ4n) is 2.00. The normalized spacial score (nSPS) is 14.2. The van der Waals surface area contributed by atoms with Crippen molar-refractivity contribution in [3.8, 4) is 0 Å². The first-order valence-electron chi connectivity index (χ1n) is 7.27. The lowest BCUT2D eigenvalue weighted by molar-refractivity contribution is -0.133. The number of urea groups is 1. The summed E-state index contributed by atoms with van der Waals surface area (Å²) in [6.45, 7) is 5.62. The highest BCUT2D eigenvalue weighted by molar-refractivity contribution is 5.95. The molecular formula is C13H26ClN5O3. The summed E-state index contributed by atoms with van der Waals surface area (Å²) in [5.74, 6) is -0.415. The number of nitrogens with zero attached hydrogens (tertiary/aromatic N) is 2. The van der Waals surface area contributed by atoms with Gasteiger partial charge in [-0.2, -0.15) is 0 Å². The van der Waals surface area contributed by atoms with Gasteiger partial charge in [0.05, 0.1) is 13.1 Å². The molecule has 0 aliphatic carbocycles. The van der Waals surface area contributed by atoms with Crippen LogP contribution in [0.4, 0.5) is 4.79 Å². The number of nitrogens with one attached hydrogen (secondary N) is 3. The maximum Gasteiger partial charge on any atom is 0.321 e. The van der Waals surface area contributed by atoms with Crippen molar-refractivity contribution >= 4 is 30.3 Å². The first-order chi connectivity index (χ1) is 10.0. The molecule has 0 atom stereocenters. The van der Waals surface area contributed by atoms with Crippen molar-refractivity contribution in [3.63, 3.8) is 0 Å². The number of carbonyl (C=O) groups is 3. The third-order valence-electron chi connectivity index (χ3n) is 3.08. The van der Waals surface area contributed by atoms with Crippen molar-refractivity contribution in [2.75, 3.05) is 52.9 Å². The molecule has 0 radical (unpaired) electrons. The van der Waals surface area contributed by atoms with Gasteiger partial charge < -0.3 is 15.5 Å². The van der Waals surface area contributed by atoms with E-state index in [1.807, 2.05) is 6.92 Å². The van der Waals surface area contributed by atoms with E-state index in [-0.39, 0.29) is 31.4 Å². The number of rotatable bonds is 6. The zero-order valence-corrected chi connectivity index (χ0v) is 14.0. The molecule has 3 N–H and O–H groups in total. The first kappa shape index (κ1) is 20.6. The SMILES string of the molecule is CCCNC(=O)NC(=O)CN(C)CC(=O)N1CCNCC1.Cl. The number of piperazine rings is 1. The fourth-order valence-corrected chi connectivity index (χ4v) is 2.00. The van der Waals surface area contributed by atoms with E-state index in [1.54, 1.807) is 16.8 Å². The number of likely N-dealkylation sites (N-methyl/N-ethyl adjacent to an activating group) is 1. The van der Waals surface area contributed by atoms with E-state index in [9.17, 15) is 14.4 Å². The average molecular weight is 336 g/mol. The largest absolute Gasteiger partial charge is 0.339 e. The van der Waals surface area contributed by atoms with Crippen molar-refractivity contribution in [2.24, 2.45) is 0 Å². The van der Waals surface area contributed by atoms with Gasteiger partial charge in [0.1, 0.15) is 0 Å².